The minimum Gasteiger partial charge on any atom is -0.347 e. The molecule has 1 aromatic heterocycles. The monoisotopic (exact) mass is 370 g/mol. The summed E-state index contributed by atoms with van der Waals surface area (Å²) in [6.45, 7) is 8.91. The predicted molar refractivity (Wildman–Crippen MR) is 109 cm³/mol. The maximum Gasteiger partial charge on any atom is 0.186 e. The number of rotatable bonds is 9. The first kappa shape index (κ1) is 20.1. The van der Waals surface area contributed by atoms with Crippen molar-refractivity contribution in [2.45, 2.75) is 71.6 Å². The zero-order valence-corrected chi connectivity index (χ0v) is 17.1. The van der Waals surface area contributed by atoms with Crippen LogP contribution in [0.25, 0.3) is 0 Å². The van der Waals surface area contributed by atoms with E-state index in [1.165, 1.54) is 36.8 Å². The van der Waals surface area contributed by atoms with Crippen LogP contribution in [-0.4, -0.2) is 28.6 Å². The Morgan fingerprint density at radius 1 is 1.07 bits per heavy atom. The summed E-state index contributed by atoms with van der Waals surface area (Å²) in [5.74, 6) is -0.574. The molecule has 1 aromatic carbocycles. The van der Waals surface area contributed by atoms with Crippen molar-refractivity contribution in [3.63, 3.8) is 0 Å². The molecule has 1 saturated heterocycles. The normalized spacial score (nSPS) is 18.5. The van der Waals surface area contributed by atoms with Crippen LogP contribution in [0, 0.1) is 12.3 Å². The van der Waals surface area contributed by atoms with Crippen LogP contribution in [-0.2, 0) is 22.4 Å². The smallest absolute Gasteiger partial charge is 0.186 e. The van der Waals surface area contributed by atoms with Gasteiger partial charge in [-0.1, -0.05) is 56.5 Å². The van der Waals surface area contributed by atoms with E-state index >= 15 is 0 Å². The Labute approximate surface area is 163 Å². The highest BCUT2D eigenvalue weighted by molar-refractivity contribution is 5.22. The van der Waals surface area contributed by atoms with Crippen molar-refractivity contribution in [2.24, 2.45) is 5.41 Å². The Bertz CT molecular complexity index is 680. The molecule has 0 bridgehead atoms. The Kier molecular flexibility index (Phi) is 6.72. The van der Waals surface area contributed by atoms with Gasteiger partial charge in [-0.2, -0.15) is 0 Å². The van der Waals surface area contributed by atoms with Crippen LogP contribution in [0.4, 0.5) is 0 Å². The van der Waals surface area contributed by atoms with Crippen LogP contribution >= 0.6 is 0 Å². The molecule has 2 aromatic rings. The third-order valence-corrected chi connectivity index (χ3v) is 5.70. The van der Waals surface area contributed by atoms with Gasteiger partial charge < -0.3 is 14.0 Å². The van der Waals surface area contributed by atoms with Crippen LogP contribution < -0.4 is 0 Å². The molecule has 0 radical (unpaired) electrons. The van der Waals surface area contributed by atoms with Crippen LogP contribution in [0.1, 0.15) is 57.1 Å². The van der Waals surface area contributed by atoms with Crippen LogP contribution in [0.15, 0.2) is 43.0 Å². The van der Waals surface area contributed by atoms with Gasteiger partial charge in [-0.3, -0.25) is 0 Å². The lowest BCUT2D eigenvalue weighted by Gasteiger charge is -2.47. The van der Waals surface area contributed by atoms with E-state index in [0.29, 0.717) is 6.54 Å². The molecule has 148 valence electrons. The minimum absolute atomic E-state index is 0.172. The van der Waals surface area contributed by atoms with Crippen molar-refractivity contribution >= 4 is 0 Å². The van der Waals surface area contributed by atoms with Crippen molar-refractivity contribution in [2.75, 3.05) is 13.2 Å². The summed E-state index contributed by atoms with van der Waals surface area (Å²) in [5, 5.41) is 0. The molecular formula is C23H34N2O2. The molecule has 1 fully saturated rings. The first-order valence-electron chi connectivity index (χ1n) is 10.4. The molecule has 1 aliphatic rings. The standard InChI is InChI=1S/C23H34N2O2/c1-4-10-22(11-5-2)17-26-23(27-18-22,16-25-14-13-24-19-25)12-9-21-8-6-7-20(3)15-21/h6-8,13-15,19H,4-5,9-12,16-18H2,1-3H3. The maximum absolute atomic E-state index is 6.54. The Morgan fingerprint density at radius 2 is 1.81 bits per heavy atom. The number of imidazole rings is 1. The zero-order valence-electron chi connectivity index (χ0n) is 17.1. The van der Waals surface area contributed by atoms with E-state index in [0.717, 1.165) is 26.1 Å². The number of aryl methyl sites for hydroxylation is 2. The Morgan fingerprint density at radius 3 is 2.41 bits per heavy atom. The molecule has 4 nitrogen and oxygen atoms in total. The van der Waals surface area contributed by atoms with Crippen molar-refractivity contribution in [3.05, 3.63) is 54.1 Å². The van der Waals surface area contributed by atoms with Crippen molar-refractivity contribution < 1.29 is 9.47 Å². The minimum atomic E-state index is -0.574. The second-order valence-corrected chi connectivity index (χ2v) is 8.21. The molecule has 0 spiro atoms. The van der Waals surface area contributed by atoms with E-state index in [1.807, 2.05) is 18.7 Å². The first-order valence-corrected chi connectivity index (χ1v) is 10.4. The summed E-state index contributed by atoms with van der Waals surface area (Å²) in [6.07, 6.45) is 12.1. The maximum atomic E-state index is 6.54. The number of nitrogens with zero attached hydrogens (tertiary/aromatic N) is 2. The first-order chi connectivity index (χ1) is 13.1. The third kappa shape index (κ3) is 5.20. The van der Waals surface area contributed by atoms with Gasteiger partial charge >= 0.3 is 0 Å². The average Bonchev–Trinajstić information content (AvgIpc) is 3.16. The molecule has 1 aliphatic heterocycles. The molecule has 0 aliphatic carbocycles. The fourth-order valence-electron chi connectivity index (χ4n) is 4.30. The number of aromatic nitrogens is 2. The molecule has 0 saturated carbocycles. The summed E-state index contributed by atoms with van der Waals surface area (Å²) in [6, 6.07) is 8.72. The topological polar surface area (TPSA) is 36.3 Å². The number of hydrogen-bond donors (Lipinski definition) is 0. The Hall–Kier alpha value is -1.65. The van der Waals surface area contributed by atoms with E-state index in [-0.39, 0.29) is 5.41 Å². The quantitative estimate of drug-likeness (QED) is 0.612. The molecule has 0 N–H and O–H groups in total. The predicted octanol–water partition coefficient (Wildman–Crippen LogP) is 5.15. The molecule has 2 heterocycles. The molecule has 4 heteroatoms. The second-order valence-electron chi connectivity index (χ2n) is 8.21. The number of ether oxygens (including phenoxy) is 2. The summed E-state index contributed by atoms with van der Waals surface area (Å²) in [4.78, 5) is 4.19. The van der Waals surface area contributed by atoms with E-state index < -0.39 is 5.79 Å². The molecule has 27 heavy (non-hydrogen) atoms. The van der Waals surface area contributed by atoms with Gasteiger partial charge in [0.15, 0.2) is 5.79 Å². The van der Waals surface area contributed by atoms with E-state index in [9.17, 15) is 0 Å². The van der Waals surface area contributed by atoms with E-state index in [2.05, 4.69) is 54.6 Å². The van der Waals surface area contributed by atoms with Crippen LogP contribution in [0.2, 0.25) is 0 Å². The van der Waals surface area contributed by atoms with Gasteiger partial charge in [-0.05, 0) is 31.7 Å². The van der Waals surface area contributed by atoms with Gasteiger partial charge in [-0.25, -0.2) is 4.98 Å². The molecule has 0 amide bonds. The summed E-state index contributed by atoms with van der Waals surface area (Å²) in [7, 11) is 0. The van der Waals surface area contributed by atoms with Crippen LogP contribution in [0.3, 0.4) is 0 Å². The highest BCUT2D eigenvalue weighted by Crippen LogP contribution is 2.40. The zero-order chi connectivity index (χ0) is 19.2. The van der Waals surface area contributed by atoms with E-state index in [1.54, 1.807) is 0 Å². The van der Waals surface area contributed by atoms with Gasteiger partial charge in [0.2, 0.25) is 0 Å². The largest absolute Gasteiger partial charge is 0.347 e. The van der Waals surface area contributed by atoms with Gasteiger partial charge in [0.1, 0.15) is 0 Å². The van der Waals surface area contributed by atoms with Gasteiger partial charge in [0.25, 0.3) is 0 Å². The van der Waals surface area contributed by atoms with Crippen LogP contribution in [0.5, 0.6) is 0 Å². The van der Waals surface area contributed by atoms with Crippen molar-refractivity contribution in [1.82, 2.24) is 9.55 Å². The Balaban J connectivity index is 1.73. The number of hydrogen-bond acceptors (Lipinski definition) is 3. The van der Waals surface area contributed by atoms with Crippen molar-refractivity contribution in [1.29, 1.82) is 0 Å². The summed E-state index contributed by atoms with van der Waals surface area (Å²) in [5.41, 5.74) is 2.81. The fraction of sp³-hybridized carbons (Fsp3) is 0.609. The SMILES string of the molecule is CCCC1(CCC)COC(CCc2cccc(C)c2)(Cn2ccnc2)OC1. The van der Waals surface area contributed by atoms with Gasteiger partial charge in [0, 0.05) is 24.2 Å². The summed E-state index contributed by atoms with van der Waals surface area (Å²) < 4.78 is 15.2. The average molecular weight is 371 g/mol. The number of benzene rings is 1. The molecule has 3 rings (SSSR count). The van der Waals surface area contributed by atoms with E-state index in [4.69, 9.17) is 9.47 Å². The van der Waals surface area contributed by atoms with Gasteiger partial charge in [0.05, 0.1) is 26.1 Å². The third-order valence-electron chi connectivity index (χ3n) is 5.70. The van der Waals surface area contributed by atoms with Gasteiger partial charge in [-0.15, -0.1) is 0 Å². The highest BCUT2D eigenvalue weighted by atomic mass is 16.7. The lowest BCUT2D eigenvalue weighted by molar-refractivity contribution is -0.314. The molecular weight excluding hydrogens is 336 g/mol. The molecule has 0 atom stereocenters. The highest BCUT2D eigenvalue weighted by Gasteiger charge is 2.44. The van der Waals surface area contributed by atoms with Crippen molar-refractivity contribution in [3.8, 4) is 0 Å². The lowest BCUT2D eigenvalue weighted by atomic mass is 9.79. The summed E-state index contributed by atoms with van der Waals surface area (Å²) >= 11 is 0. The molecule has 0 unspecified atom stereocenters. The fourth-order valence-corrected chi connectivity index (χ4v) is 4.30. The lowest BCUT2D eigenvalue weighted by Crippen LogP contribution is -2.52. The second kappa shape index (κ2) is 9.03.